The normalized spacial score (nSPS) is 28.1. The predicted octanol–water partition coefficient (Wildman–Crippen LogP) is 1.98. The van der Waals surface area contributed by atoms with E-state index < -0.39 is 5.54 Å². The van der Waals surface area contributed by atoms with Crippen LogP contribution in [0.4, 0.5) is 0 Å². The molecule has 3 N–H and O–H groups in total. The van der Waals surface area contributed by atoms with Gasteiger partial charge in [0, 0.05) is 4.88 Å². The quantitative estimate of drug-likeness (QED) is 0.880. The van der Waals surface area contributed by atoms with Gasteiger partial charge in [-0.3, -0.25) is 4.79 Å². The van der Waals surface area contributed by atoms with E-state index in [4.69, 9.17) is 5.73 Å². The molecule has 18 heavy (non-hydrogen) atoms. The molecule has 0 bridgehead atoms. The molecular weight excluding hydrogens is 246 g/mol. The molecule has 1 saturated carbocycles. The van der Waals surface area contributed by atoms with Gasteiger partial charge in [-0.05, 0) is 25.7 Å². The summed E-state index contributed by atoms with van der Waals surface area (Å²) < 4.78 is 0. The minimum atomic E-state index is -0.670. The van der Waals surface area contributed by atoms with Gasteiger partial charge in [0.15, 0.2) is 0 Å². The third kappa shape index (κ3) is 2.90. The van der Waals surface area contributed by atoms with E-state index in [1.54, 1.807) is 16.8 Å². The molecule has 100 valence electrons. The van der Waals surface area contributed by atoms with E-state index in [9.17, 15) is 4.79 Å². The van der Waals surface area contributed by atoms with E-state index >= 15 is 0 Å². The highest BCUT2D eigenvalue weighted by atomic mass is 32.1. The lowest BCUT2D eigenvalue weighted by Crippen LogP contribution is -2.56. The Bertz CT molecular complexity index is 432. The van der Waals surface area contributed by atoms with Crippen molar-refractivity contribution in [2.75, 3.05) is 0 Å². The highest BCUT2D eigenvalue weighted by molar-refractivity contribution is 7.09. The number of nitrogens with zero attached hydrogens (tertiary/aromatic N) is 1. The Morgan fingerprint density at radius 1 is 1.72 bits per heavy atom. The average Bonchev–Trinajstić information content (AvgIpc) is 2.71. The van der Waals surface area contributed by atoms with Crippen LogP contribution in [-0.2, 0) is 11.3 Å². The molecule has 4 nitrogen and oxygen atoms in total. The van der Waals surface area contributed by atoms with E-state index in [-0.39, 0.29) is 5.91 Å². The fourth-order valence-corrected chi connectivity index (χ4v) is 3.35. The maximum atomic E-state index is 12.2. The predicted molar refractivity (Wildman–Crippen MR) is 73.2 cm³/mol. The van der Waals surface area contributed by atoms with Gasteiger partial charge in [0.05, 0.1) is 23.3 Å². The number of carbonyl (C=O) groups excluding carboxylic acids is 1. The lowest BCUT2D eigenvalue weighted by atomic mass is 9.76. The van der Waals surface area contributed by atoms with Gasteiger partial charge in [0.25, 0.3) is 0 Å². The summed E-state index contributed by atoms with van der Waals surface area (Å²) >= 11 is 1.57. The second kappa shape index (κ2) is 5.36. The average molecular weight is 267 g/mol. The maximum absolute atomic E-state index is 12.2. The number of hydrogen-bond acceptors (Lipinski definition) is 4. The third-order valence-electron chi connectivity index (χ3n) is 3.74. The molecule has 0 radical (unpaired) electrons. The lowest BCUT2D eigenvalue weighted by Gasteiger charge is -2.35. The van der Waals surface area contributed by atoms with Crippen LogP contribution in [0.2, 0.25) is 0 Å². The SMILES string of the molecule is Cc1ncsc1CNC(=O)C1(N)CCCC(C)C1. The largest absolute Gasteiger partial charge is 0.350 e. The van der Waals surface area contributed by atoms with Gasteiger partial charge in [0.1, 0.15) is 0 Å². The molecule has 2 rings (SSSR count). The molecular formula is C13H21N3OS. The summed E-state index contributed by atoms with van der Waals surface area (Å²) in [6, 6.07) is 0. The first-order valence-corrected chi connectivity index (χ1v) is 7.35. The van der Waals surface area contributed by atoms with Crippen LogP contribution in [0.25, 0.3) is 0 Å². The van der Waals surface area contributed by atoms with Crippen LogP contribution < -0.4 is 11.1 Å². The van der Waals surface area contributed by atoms with Crippen LogP contribution in [0.1, 0.15) is 43.2 Å². The first-order valence-electron chi connectivity index (χ1n) is 6.47. The van der Waals surface area contributed by atoms with Crippen molar-refractivity contribution in [2.45, 2.75) is 51.6 Å². The van der Waals surface area contributed by atoms with Gasteiger partial charge in [-0.25, -0.2) is 4.98 Å². The summed E-state index contributed by atoms with van der Waals surface area (Å²) in [6.07, 6.45) is 3.82. The van der Waals surface area contributed by atoms with Crippen molar-refractivity contribution >= 4 is 17.2 Å². The number of carbonyl (C=O) groups is 1. The number of nitrogens with one attached hydrogen (secondary N) is 1. The molecule has 1 aromatic rings. The van der Waals surface area contributed by atoms with Crippen LogP contribution in [0.5, 0.6) is 0 Å². The molecule has 2 unspecified atom stereocenters. The number of thiazole rings is 1. The molecule has 1 amide bonds. The van der Waals surface area contributed by atoms with Crippen molar-refractivity contribution in [1.29, 1.82) is 0 Å². The van der Waals surface area contributed by atoms with E-state index in [0.29, 0.717) is 12.5 Å². The van der Waals surface area contributed by atoms with Crippen LogP contribution in [0, 0.1) is 12.8 Å². The van der Waals surface area contributed by atoms with Crippen LogP contribution >= 0.6 is 11.3 Å². The number of aryl methyl sites for hydroxylation is 1. The van der Waals surface area contributed by atoms with Crippen molar-refractivity contribution in [3.8, 4) is 0 Å². The summed E-state index contributed by atoms with van der Waals surface area (Å²) in [5, 5.41) is 2.96. The molecule has 1 fully saturated rings. The van der Waals surface area contributed by atoms with E-state index in [0.717, 1.165) is 29.8 Å². The summed E-state index contributed by atoms with van der Waals surface area (Å²) in [5.74, 6) is 0.529. The highest BCUT2D eigenvalue weighted by Gasteiger charge is 2.37. The van der Waals surface area contributed by atoms with Gasteiger partial charge >= 0.3 is 0 Å². The Morgan fingerprint density at radius 3 is 3.11 bits per heavy atom. The Labute approximate surface area is 112 Å². The Kier molecular flexibility index (Phi) is 4.02. The number of aromatic nitrogens is 1. The van der Waals surface area contributed by atoms with Gasteiger partial charge in [-0.2, -0.15) is 0 Å². The summed E-state index contributed by atoms with van der Waals surface area (Å²) in [4.78, 5) is 17.5. The molecule has 0 aliphatic heterocycles. The zero-order valence-electron chi connectivity index (χ0n) is 11.0. The van der Waals surface area contributed by atoms with Crippen LogP contribution in [0.3, 0.4) is 0 Å². The molecule has 2 atom stereocenters. The highest BCUT2D eigenvalue weighted by Crippen LogP contribution is 2.30. The Balaban J connectivity index is 1.93. The molecule has 1 heterocycles. The first-order chi connectivity index (χ1) is 8.51. The first kappa shape index (κ1) is 13.5. The molecule has 0 spiro atoms. The molecule has 5 heteroatoms. The van der Waals surface area contributed by atoms with Crippen molar-refractivity contribution in [1.82, 2.24) is 10.3 Å². The van der Waals surface area contributed by atoms with Crippen molar-refractivity contribution in [3.05, 3.63) is 16.1 Å². The van der Waals surface area contributed by atoms with Crippen molar-refractivity contribution in [2.24, 2.45) is 11.7 Å². The number of nitrogens with two attached hydrogens (primary N) is 1. The maximum Gasteiger partial charge on any atom is 0.240 e. The van der Waals surface area contributed by atoms with E-state index in [2.05, 4.69) is 17.2 Å². The third-order valence-corrected chi connectivity index (χ3v) is 4.67. The second-order valence-corrected chi connectivity index (χ2v) is 6.34. The summed E-state index contributed by atoms with van der Waals surface area (Å²) in [7, 11) is 0. The molecule has 0 saturated heterocycles. The Morgan fingerprint density at radius 2 is 2.50 bits per heavy atom. The Hall–Kier alpha value is -0.940. The lowest BCUT2D eigenvalue weighted by molar-refractivity contribution is -0.128. The monoisotopic (exact) mass is 267 g/mol. The fraction of sp³-hybridized carbons (Fsp3) is 0.692. The van der Waals surface area contributed by atoms with E-state index in [1.165, 1.54) is 6.42 Å². The molecule has 1 aliphatic carbocycles. The summed E-state index contributed by atoms with van der Waals surface area (Å²) in [5.41, 5.74) is 8.37. The van der Waals surface area contributed by atoms with Crippen molar-refractivity contribution < 1.29 is 4.79 Å². The van der Waals surface area contributed by atoms with Gasteiger partial charge in [0.2, 0.25) is 5.91 Å². The number of hydrogen-bond donors (Lipinski definition) is 2. The van der Waals surface area contributed by atoms with Gasteiger partial charge in [-0.15, -0.1) is 11.3 Å². The number of amides is 1. The smallest absolute Gasteiger partial charge is 0.240 e. The van der Waals surface area contributed by atoms with E-state index in [1.807, 2.05) is 6.92 Å². The second-order valence-electron chi connectivity index (χ2n) is 5.40. The minimum absolute atomic E-state index is 0.0122. The molecule has 0 aromatic carbocycles. The molecule has 1 aliphatic rings. The standard InChI is InChI=1S/C13H21N3OS/c1-9-4-3-5-13(14,6-9)12(17)15-7-11-10(2)16-8-18-11/h8-9H,3-7,14H2,1-2H3,(H,15,17). The zero-order valence-corrected chi connectivity index (χ0v) is 11.8. The van der Waals surface area contributed by atoms with Gasteiger partial charge in [-0.1, -0.05) is 19.8 Å². The van der Waals surface area contributed by atoms with Gasteiger partial charge < -0.3 is 11.1 Å². The topological polar surface area (TPSA) is 68.0 Å². The van der Waals surface area contributed by atoms with Crippen molar-refractivity contribution in [3.63, 3.8) is 0 Å². The van der Waals surface area contributed by atoms with Crippen LogP contribution in [-0.4, -0.2) is 16.4 Å². The number of rotatable bonds is 3. The fourth-order valence-electron chi connectivity index (χ4n) is 2.63. The summed E-state index contributed by atoms with van der Waals surface area (Å²) in [6.45, 7) is 4.67. The minimum Gasteiger partial charge on any atom is -0.350 e. The molecule has 1 aromatic heterocycles. The van der Waals surface area contributed by atoms with Crippen LogP contribution in [0.15, 0.2) is 5.51 Å². The zero-order chi connectivity index (χ0) is 13.2.